The number of para-hydroxylation sites is 1. The van der Waals surface area contributed by atoms with Gasteiger partial charge in [-0.25, -0.2) is 8.42 Å². The van der Waals surface area contributed by atoms with E-state index in [1.54, 1.807) is 18.3 Å². The van der Waals surface area contributed by atoms with Gasteiger partial charge in [-0.3, -0.25) is 9.71 Å². The van der Waals surface area contributed by atoms with Crippen LogP contribution in [-0.4, -0.2) is 13.4 Å². The molecular formula is C19H18N2O2S. The van der Waals surface area contributed by atoms with Crippen molar-refractivity contribution in [1.29, 1.82) is 0 Å². The van der Waals surface area contributed by atoms with Gasteiger partial charge in [-0.1, -0.05) is 24.3 Å². The molecule has 0 fully saturated rings. The second-order valence-electron chi connectivity index (χ2n) is 6.12. The highest BCUT2D eigenvalue weighted by Crippen LogP contribution is 2.27. The van der Waals surface area contributed by atoms with E-state index in [-0.39, 0.29) is 0 Å². The Hall–Kier alpha value is -2.40. The summed E-state index contributed by atoms with van der Waals surface area (Å²) in [6.07, 6.45) is 5.96. The van der Waals surface area contributed by atoms with Crippen molar-refractivity contribution in [2.24, 2.45) is 0 Å². The van der Waals surface area contributed by atoms with Crippen LogP contribution in [0.15, 0.2) is 59.6 Å². The molecule has 0 atom stereocenters. The van der Waals surface area contributed by atoms with E-state index >= 15 is 0 Å². The zero-order chi connectivity index (χ0) is 16.6. The van der Waals surface area contributed by atoms with Crippen LogP contribution in [0, 0.1) is 0 Å². The molecule has 1 aliphatic carbocycles. The van der Waals surface area contributed by atoms with E-state index in [4.69, 9.17) is 0 Å². The van der Waals surface area contributed by atoms with Gasteiger partial charge < -0.3 is 0 Å². The molecule has 2 aromatic carbocycles. The molecule has 1 heterocycles. The minimum Gasteiger partial charge on any atom is -0.277 e. The van der Waals surface area contributed by atoms with Crippen molar-refractivity contribution in [3.05, 3.63) is 65.9 Å². The first-order chi connectivity index (χ1) is 11.6. The summed E-state index contributed by atoms with van der Waals surface area (Å²) in [5.74, 6) is 0. The van der Waals surface area contributed by atoms with E-state index < -0.39 is 10.0 Å². The fourth-order valence-corrected chi connectivity index (χ4v) is 4.38. The van der Waals surface area contributed by atoms with E-state index in [1.165, 1.54) is 12.0 Å². The van der Waals surface area contributed by atoms with Crippen LogP contribution in [0.5, 0.6) is 0 Å². The van der Waals surface area contributed by atoms with E-state index in [1.807, 2.05) is 36.4 Å². The van der Waals surface area contributed by atoms with Gasteiger partial charge in [-0.15, -0.1) is 0 Å². The molecule has 0 radical (unpaired) electrons. The maximum Gasteiger partial charge on any atom is 0.261 e. The summed E-state index contributed by atoms with van der Waals surface area (Å²) in [7, 11) is -3.63. The maximum atomic E-state index is 12.8. The summed E-state index contributed by atoms with van der Waals surface area (Å²) in [5.41, 5.74) is 3.58. The highest BCUT2D eigenvalue weighted by molar-refractivity contribution is 7.92. The standard InChI is InChI=1S/C19H18N2O2S/c22-24(23,17-11-10-14-5-1-2-6-16(14)13-17)21-18-9-3-7-15-8-4-12-20-19(15)18/h3-4,7-13,21H,1-2,5-6H2. The lowest BCUT2D eigenvalue weighted by atomic mass is 9.92. The van der Waals surface area contributed by atoms with E-state index in [2.05, 4.69) is 9.71 Å². The fourth-order valence-electron chi connectivity index (χ4n) is 3.27. The van der Waals surface area contributed by atoms with Gasteiger partial charge in [0.05, 0.1) is 16.1 Å². The third kappa shape index (κ3) is 2.76. The van der Waals surface area contributed by atoms with Crippen molar-refractivity contribution >= 4 is 26.6 Å². The number of pyridine rings is 1. The lowest BCUT2D eigenvalue weighted by Crippen LogP contribution is -2.14. The molecular weight excluding hydrogens is 320 g/mol. The van der Waals surface area contributed by atoms with Crippen molar-refractivity contribution in [1.82, 2.24) is 4.98 Å². The number of hydrogen-bond donors (Lipinski definition) is 1. The lowest BCUT2D eigenvalue weighted by Gasteiger charge is -2.17. The average molecular weight is 338 g/mol. The number of benzene rings is 2. The molecule has 4 rings (SSSR count). The zero-order valence-electron chi connectivity index (χ0n) is 13.2. The predicted molar refractivity (Wildman–Crippen MR) is 95.6 cm³/mol. The molecule has 0 aliphatic heterocycles. The molecule has 1 aliphatic rings. The Labute approximate surface area is 141 Å². The molecule has 3 aromatic rings. The lowest BCUT2D eigenvalue weighted by molar-refractivity contribution is 0.600. The molecule has 1 aromatic heterocycles. The first-order valence-corrected chi connectivity index (χ1v) is 9.60. The second-order valence-corrected chi connectivity index (χ2v) is 7.81. The Kier molecular flexibility index (Phi) is 3.73. The Bertz CT molecular complexity index is 1010. The first kappa shape index (κ1) is 15.1. The Balaban J connectivity index is 1.73. The number of anilines is 1. The fraction of sp³-hybridized carbons (Fsp3) is 0.211. The number of sulfonamides is 1. The number of aryl methyl sites for hydroxylation is 2. The van der Waals surface area contributed by atoms with Gasteiger partial charge in [0.25, 0.3) is 10.0 Å². The highest BCUT2D eigenvalue weighted by Gasteiger charge is 2.19. The van der Waals surface area contributed by atoms with E-state index in [0.717, 1.165) is 30.2 Å². The van der Waals surface area contributed by atoms with Crippen molar-refractivity contribution < 1.29 is 8.42 Å². The van der Waals surface area contributed by atoms with Crippen LogP contribution in [0.25, 0.3) is 10.9 Å². The minimum absolute atomic E-state index is 0.316. The molecule has 0 unspecified atom stereocenters. The van der Waals surface area contributed by atoms with Crippen LogP contribution in [0.1, 0.15) is 24.0 Å². The summed E-state index contributed by atoms with van der Waals surface area (Å²) in [4.78, 5) is 4.62. The van der Waals surface area contributed by atoms with Gasteiger partial charge in [0.1, 0.15) is 0 Å². The number of nitrogens with zero attached hydrogens (tertiary/aromatic N) is 1. The normalized spacial score (nSPS) is 14.3. The zero-order valence-corrected chi connectivity index (χ0v) is 14.0. The van der Waals surface area contributed by atoms with Gasteiger partial charge >= 0.3 is 0 Å². The SMILES string of the molecule is O=S(=O)(Nc1cccc2cccnc12)c1ccc2c(c1)CCCC2. The van der Waals surface area contributed by atoms with Crippen LogP contribution in [0.3, 0.4) is 0 Å². The summed E-state index contributed by atoms with van der Waals surface area (Å²) in [5, 5.41) is 0.906. The number of fused-ring (bicyclic) bond motifs is 2. The van der Waals surface area contributed by atoms with Gasteiger partial charge in [0.15, 0.2) is 0 Å². The summed E-state index contributed by atoms with van der Waals surface area (Å²) < 4.78 is 28.3. The second kappa shape index (κ2) is 5.91. The Morgan fingerprint density at radius 2 is 1.71 bits per heavy atom. The van der Waals surface area contributed by atoms with Crippen molar-refractivity contribution in [3.63, 3.8) is 0 Å². The maximum absolute atomic E-state index is 12.8. The largest absolute Gasteiger partial charge is 0.277 e. The molecule has 5 heteroatoms. The number of rotatable bonds is 3. The quantitative estimate of drug-likeness (QED) is 0.787. The predicted octanol–water partition coefficient (Wildman–Crippen LogP) is 3.91. The molecule has 0 bridgehead atoms. The first-order valence-electron chi connectivity index (χ1n) is 8.12. The molecule has 0 saturated heterocycles. The molecule has 122 valence electrons. The molecule has 4 nitrogen and oxygen atoms in total. The summed E-state index contributed by atoms with van der Waals surface area (Å²) in [6.45, 7) is 0. The number of hydrogen-bond acceptors (Lipinski definition) is 3. The van der Waals surface area contributed by atoms with Gasteiger partial charge in [-0.05, 0) is 61.1 Å². The number of aromatic nitrogens is 1. The molecule has 0 amide bonds. The monoisotopic (exact) mass is 338 g/mol. The van der Waals surface area contributed by atoms with Gasteiger partial charge in [0, 0.05) is 11.6 Å². The smallest absolute Gasteiger partial charge is 0.261 e. The molecule has 1 N–H and O–H groups in total. The Morgan fingerprint density at radius 1 is 0.917 bits per heavy atom. The Morgan fingerprint density at radius 3 is 2.58 bits per heavy atom. The third-order valence-electron chi connectivity index (χ3n) is 4.51. The minimum atomic E-state index is -3.63. The number of nitrogens with one attached hydrogen (secondary N) is 1. The highest BCUT2D eigenvalue weighted by atomic mass is 32.2. The average Bonchev–Trinajstić information content (AvgIpc) is 2.61. The van der Waals surface area contributed by atoms with Gasteiger partial charge in [-0.2, -0.15) is 0 Å². The van der Waals surface area contributed by atoms with Crippen LogP contribution in [0.4, 0.5) is 5.69 Å². The van der Waals surface area contributed by atoms with Crippen LogP contribution >= 0.6 is 0 Å². The van der Waals surface area contributed by atoms with Crippen molar-refractivity contribution in [3.8, 4) is 0 Å². The summed E-state index contributed by atoms with van der Waals surface area (Å²) in [6, 6.07) is 14.7. The molecule has 0 spiro atoms. The van der Waals surface area contributed by atoms with Crippen LogP contribution in [0.2, 0.25) is 0 Å². The summed E-state index contributed by atoms with van der Waals surface area (Å²) >= 11 is 0. The topological polar surface area (TPSA) is 59.1 Å². The molecule has 0 saturated carbocycles. The van der Waals surface area contributed by atoms with Crippen molar-refractivity contribution in [2.45, 2.75) is 30.6 Å². The van der Waals surface area contributed by atoms with Crippen LogP contribution < -0.4 is 4.72 Å². The van der Waals surface area contributed by atoms with E-state index in [9.17, 15) is 8.42 Å². The van der Waals surface area contributed by atoms with Gasteiger partial charge in [0.2, 0.25) is 0 Å². The van der Waals surface area contributed by atoms with Crippen LogP contribution in [-0.2, 0) is 22.9 Å². The molecule has 24 heavy (non-hydrogen) atoms. The third-order valence-corrected chi connectivity index (χ3v) is 5.87. The van der Waals surface area contributed by atoms with E-state index in [0.29, 0.717) is 16.1 Å². The van der Waals surface area contributed by atoms with Crippen molar-refractivity contribution in [2.75, 3.05) is 4.72 Å².